The summed E-state index contributed by atoms with van der Waals surface area (Å²) in [5.74, 6) is -0.530. The fourth-order valence-electron chi connectivity index (χ4n) is 12.0. The number of carbonyl (C=O) groups is 1. The molecule has 12 nitrogen and oxygen atoms in total. The number of hydrogen-bond donors (Lipinski definition) is 1. The van der Waals surface area contributed by atoms with Crippen LogP contribution < -0.4 is 5.73 Å². The summed E-state index contributed by atoms with van der Waals surface area (Å²) in [7, 11) is -0.378. The van der Waals surface area contributed by atoms with Crippen LogP contribution in [0.1, 0.15) is 111 Å². The lowest BCUT2D eigenvalue weighted by Gasteiger charge is -2.47. The molecule has 0 saturated carbocycles. The Hall–Kier alpha value is -1.07. The fraction of sp³-hybridized carbons (Fsp3) is 0.891. The van der Waals surface area contributed by atoms with E-state index in [1.807, 2.05) is 0 Å². The number of carbonyl (C=O) groups excluding carboxylic acids is 1. The number of ketones is 1. The molecule has 19 atom stereocenters. The summed E-state index contributed by atoms with van der Waals surface area (Å²) >= 11 is 0. The summed E-state index contributed by atoms with van der Waals surface area (Å²) in [5.41, 5.74) is 8.65. The molecule has 0 amide bonds. The van der Waals surface area contributed by atoms with Crippen molar-refractivity contribution in [2.45, 2.75) is 233 Å². The molecule has 6 unspecified atom stereocenters. The zero-order chi connectivity index (χ0) is 41.6. The molecule has 10 fully saturated rings. The molecule has 0 radical (unpaired) electrons. The first-order chi connectivity index (χ1) is 28.0. The van der Waals surface area contributed by atoms with Gasteiger partial charge in [0.25, 0.3) is 0 Å². The van der Waals surface area contributed by atoms with Crippen molar-refractivity contribution >= 4 is 14.1 Å². The summed E-state index contributed by atoms with van der Waals surface area (Å²) < 4.78 is 68.0. The van der Waals surface area contributed by atoms with E-state index >= 15 is 0 Å². The van der Waals surface area contributed by atoms with Crippen LogP contribution in [0.5, 0.6) is 0 Å². The second-order valence-electron chi connectivity index (χ2n) is 21.3. The third-order valence-corrected chi connectivity index (χ3v) is 20.8. The van der Waals surface area contributed by atoms with E-state index in [1.54, 1.807) is 7.11 Å². The average Bonchev–Trinajstić information content (AvgIpc) is 3.85. The molecular weight excluding hydrogens is 771 g/mol. The number of fused-ring (bicyclic) bond motifs is 6. The van der Waals surface area contributed by atoms with Crippen LogP contribution in [-0.2, 0) is 51.9 Å². The van der Waals surface area contributed by atoms with Crippen molar-refractivity contribution in [3.05, 3.63) is 24.3 Å². The molecule has 10 rings (SSSR count). The SMILES string of the molecule is C=C1C[C@@H]2CC[C@@]34CC5O[C@H]6[C@@H](O3)[C@H]3OC(CC[C@@H]3O[C@H]6C5O4)CC(=O)C[C@H]3[C@H](CC4O[C@@H](CCC1O2)C[C@@H](C)C4=C)OC(C[C@@H](CN)O[Si](C)(C)C(C)(C)C)[C@@H]3OC. The minimum Gasteiger partial charge on any atom is -0.413 e. The molecule has 0 aromatic heterocycles. The third-order valence-electron chi connectivity index (χ3n) is 16.2. The van der Waals surface area contributed by atoms with Gasteiger partial charge in [-0.15, -0.1) is 0 Å². The van der Waals surface area contributed by atoms with Crippen LogP contribution in [0.25, 0.3) is 0 Å². The Balaban J connectivity index is 0.984. The van der Waals surface area contributed by atoms with Gasteiger partial charge in [0.05, 0.1) is 67.1 Å². The molecule has 0 aliphatic carbocycles. The molecule has 1 spiro atoms. The van der Waals surface area contributed by atoms with Gasteiger partial charge in [0.1, 0.15) is 36.3 Å². The molecule has 13 heteroatoms. The van der Waals surface area contributed by atoms with Gasteiger partial charge in [-0.2, -0.15) is 0 Å². The number of rotatable bonds is 6. The zero-order valence-corrected chi connectivity index (χ0v) is 37.8. The largest absolute Gasteiger partial charge is 0.413 e. The van der Waals surface area contributed by atoms with Crippen LogP contribution in [0.3, 0.4) is 0 Å². The van der Waals surface area contributed by atoms with E-state index in [1.165, 1.54) is 0 Å². The minimum absolute atomic E-state index is 0.0111. The van der Waals surface area contributed by atoms with Gasteiger partial charge in [-0.25, -0.2) is 0 Å². The first-order valence-electron chi connectivity index (χ1n) is 23.1. The highest BCUT2D eigenvalue weighted by Crippen LogP contribution is 2.54. The Labute approximate surface area is 353 Å². The maximum absolute atomic E-state index is 14.4. The highest BCUT2D eigenvalue weighted by atomic mass is 28.4. The van der Waals surface area contributed by atoms with Crippen molar-refractivity contribution in [2.75, 3.05) is 13.7 Å². The molecule has 10 saturated heterocycles. The van der Waals surface area contributed by atoms with Gasteiger partial charge < -0.3 is 52.8 Å². The topological polar surface area (TPSA) is 135 Å². The van der Waals surface area contributed by atoms with Crippen molar-refractivity contribution in [1.29, 1.82) is 0 Å². The molecule has 10 aliphatic heterocycles. The number of Topliss-reactive ketones (excluding diaryl/α,β-unsaturated/α-hetero) is 1. The van der Waals surface area contributed by atoms with Crippen LogP contribution in [0, 0.1) is 11.8 Å². The van der Waals surface area contributed by atoms with E-state index in [-0.39, 0.29) is 114 Å². The van der Waals surface area contributed by atoms with E-state index in [0.717, 1.165) is 56.1 Å². The van der Waals surface area contributed by atoms with Gasteiger partial charge in [-0.05, 0) is 80.1 Å². The normalized spacial score (nSPS) is 48.2. The molecule has 2 N–H and O–H groups in total. The van der Waals surface area contributed by atoms with E-state index in [4.69, 9.17) is 52.8 Å². The zero-order valence-electron chi connectivity index (χ0n) is 36.8. The van der Waals surface area contributed by atoms with Crippen molar-refractivity contribution in [1.82, 2.24) is 0 Å². The molecule has 332 valence electrons. The summed E-state index contributed by atoms with van der Waals surface area (Å²) in [6, 6.07) is 0. The summed E-state index contributed by atoms with van der Waals surface area (Å²) in [6.45, 7) is 22.9. The van der Waals surface area contributed by atoms with E-state index in [2.05, 4.69) is 53.9 Å². The Kier molecular flexibility index (Phi) is 12.1. The van der Waals surface area contributed by atoms with Gasteiger partial charge >= 0.3 is 0 Å². The molecule has 12 bridgehead atoms. The lowest BCUT2D eigenvalue weighted by atomic mass is 9.81. The predicted molar refractivity (Wildman–Crippen MR) is 222 cm³/mol. The quantitative estimate of drug-likeness (QED) is 0.232. The number of ether oxygens (including phenoxy) is 9. The van der Waals surface area contributed by atoms with Gasteiger partial charge in [0.2, 0.25) is 0 Å². The Morgan fingerprint density at radius 2 is 1.51 bits per heavy atom. The van der Waals surface area contributed by atoms with Crippen LogP contribution in [0.2, 0.25) is 18.1 Å². The number of nitrogens with two attached hydrogens (primary N) is 1. The van der Waals surface area contributed by atoms with Crippen molar-refractivity contribution < 1.29 is 51.9 Å². The van der Waals surface area contributed by atoms with Gasteiger partial charge in [0.15, 0.2) is 14.1 Å². The third kappa shape index (κ3) is 8.29. The second-order valence-corrected chi connectivity index (χ2v) is 26.0. The smallest absolute Gasteiger partial charge is 0.192 e. The molecule has 10 aliphatic rings. The monoisotopic (exact) mass is 843 g/mol. The summed E-state index contributed by atoms with van der Waals surface area (Å²) in [5, 5.41) is 0.0348. The van der Waals surface area contributed by atoms with Crippen LogP contribution >= 0.6 is 0 Å². The number of methoxy groups -OCH3 is 1. The molecule has 0 aromatic rings. The maximum atomic E-state index is 14.4. The first kappa shape index (κ1) is 43.2. The summed E-state index contributed by atoms with van der Waals surface area (Å²) in [6.07, 6.45) is 6.12. The standard InChI is InChI=1S/C46H73NO11Si/c1-24-16-28-10-12-33-25(2)17-30(50-33)14-15-46-22-38-41(56-46)42-43(55-38)44(57-46)40-34(54-42)13-11-29(52-40)18-27(48)19-32-36(21-35(51-28)26(24)3)53-37(39(32)49-7)20-31(23-47)58-59(8,9)45(4,5)6/h24,28-44H,2-3,10-23,47H2,1,4-9H3/t24-,28+,29?,30+,31+,32+,33?,34+,35?,36+,37?,38?,39-,40+,41?,42+,43-,44+,46+/m1/s1. The first-order valence-corrected chi connectivity index (χ1v) is 26.0. The Morgan fingerprint density at radius 1 is 0.797 bits per heavy atom. The number of hydrogen-bond acceptors (Lipinski definition) is 12. The van der Waals surface area contributed by atoms with Crippen molar-refractivity contribution in [3.8, 4) is 0 Å². The highest BCUT2D eigenvalue weighted by Gasteiger charge is 2.69. The minimum atomic E-state index is -2.12. The van der Waals surface area contributed by atoms with Gasteiger partial charge in [-0.1, -0.05) is 40.9 Å². The van der Waals surface area contributed by atoms with Crippen LogP contribution in [0.15, 0.2) is 24.3 Å². The van der Waals surface area contributed by atoms with Gasteiger partial charge in [-0.3, -0.25) is 4.79 Å². The van der Waals surface area contributed by atoms with Gasteiger partial charge in [0, 0.05) is 58.1 Å². The molecule has 59 heavy (non-hydrogen) atoms. The maximum Gasteiger partial charge on any atom is 0.192 e. The molecule has 10 heterocycles. The van der Waals surface area contributed by atoms with Crippen molar-refractivity contribution in [2.24, 2.45) is 17.6 Å². The van der Waals surface area contributed by atoms with E-state index in [9.17, 15) is 4.79 Å². The Bertz CT molecular complexity index is 1590. The fourth-order valence-corrected chi connectivity index (χ4v) is 13.3. The highest BCUT2D eigenvalue weighted by molar-refractivity contribution is 6.74. The van der Waals surface area contributed by atoms with Crippen LogP contribution in [0.4, 0.5) is 0 Å². The summed E-state index contributed by atoms with van der Waals surface area (Å²) in [4.78, 5) is 14.4. The van der Waals surface area contributed by atoms with E-state index < -0.39 is 14.1 Å². The second kappa shape index (κ2) is 16.5. The average molecular weight is 844 g/mol. The molecular formula is C46H73NO11Si. The lowest BCUT2D eigenvalue weighted by Crippen LogP contribution is -2.61. The van der Waals surface area contributed by atoms with E-state index in [0.29, 0.717) is 51.0 Å². The van der Waals surface area contributed by atoms with Crippen LogP contribution in [-0.4, -0.2) is 131 Å². The Morgan fingerprint density at radius 3 is 2.27 bits per heavy atom. The molecule has 0 aromatic carbocycles. The predicted octanol–water partition coefficient (Wildman–Crippen LogP) is 6.47. The van der Waals surface area contributed by atoms with Crippen molar-refractivity contribution in [3.63, 3.8) is 0 Å². The lowest BCUT2D eigenvalue weighted by molar-refractivity contribution is -0.292.